The zero-order valence-corrected chi connectivity index (χ0v) is 13.4. The average Bonchev–Trinajstić information content (AvgIpc) is 3.02. The number of hydrogen-bond acceptors (Lipinski definition) is 5. The van der Waals surface area contributed by atoms with Gasteiger partial charge in [0, 0.05) is 5.56 Å². The van der Waals surface area contributed by atoms with Crippen LogP contribution in [0.4, 0.5) is 0 Å². The maximum Gasteiger partial charge on any atom is 0.205 e. The van der Waals surface area contributed by atoms with Crippen molar-refractivity contribution in [3.05, 3.63) is 53.6 Å². The number of hydrogen-bond donors (Lipinski definition) is 0. The van der Waals surface area contributed by atoms with E-state index in [4.69, 9.17) is 9.47 Å². The molecule has 23 heavy (non-hydrogen) atoms. The Morgan fingerprint density at radius 2 is 1.83 bits per heavy atom. The highest BCUT2D eigenvalue weighted by Gasteiger charge is 2.10. The fourth-order valence-corrected chi connectivity index (χ4v) is 2.37. The van der Waals surface area contributed by atoms with Crippen LogP contribution in [0.15, 0.2) is 42.5 Å². The van der Waals surface area contributed by atoms with Gasteiger partial charge in [0.15, 0.2) is 11.5 Å². The lowest BCUT2D eigenvalue weighted by Gasteiger charge is -2.07. The second-order valence-electron chi connectivity index (χ2n) is 5.20. The second-order valence-corrected chi connectivity index (χ2v) is 5.20. The van der Waals surface area contributed by atoms with Crippen LogP contribution in [0, 0.1) is 6.92 Å². The van der Waals surface area contributed by atoms with Crippen LogP contribution in [-0.2, 0) is 6.54 Å². The first kappa shape index (κ1) is 15.0. The van der Waals surface area contributed by atoms with Gasteiger partial charge in [-0.3, -0.25) is 0 Å². The molecule has 0 aliphatic heterocycles. The van der Waals surface area contributed by atoms with Crippen molar-refractivity contribution in [2.24, 2.45) is 0 Å². The minimum Gasteiger partial charge on any atom is -0.493 e. The summed E-state index contributed by atoms with van der Waals surface area (Å²) < 4.78 is 10.5. The molecular weight excluding hydrogens is 292 g/mol. The molecule has 0 N–H and O–H groups in total. The molecule has 0 spiro atoms. The van der Waals surface area contributed by atoms with Crippen LogP contribution in [0.1, 0.15) is 11.1 Å². The van der Waals surface area contributed by atoms with E-state index in [0.717, 1.165) is 11.1 Å². The van der Waals surface area contributed by atoms with E-state index in [0.29, 0.717) is 23.9 Å². The van der Waals surface area contributed by atoms with Gasteiger partial charge in [0.05, 0.1) is 20.8 Å². The Bertz CT molecular complexity index is 814. The highest BCUT2D eigenvalue weighted by Crippen LogP contribution is 2.30. The Morgan fingerprint density at radius 1 is 1.00 bits per heavy atom. The summed E-state index contributed by atoms with van der Waals surface area (Å²) in [6, 6.07) is 13.8. The van der Waals surface area contributed by atoms with E-state index in [1.807, 2.05) is 30.3 Å². The van der Waals surface area contributed by atoms with Crippen molar-refractivity contribution in [3.63, 3.8) is 0 Å². The summed E-state index contributed by atoms with van der Waals surface area (Å²) in [4.78, 5) is 1.58. The molecule has 0 unspecified atom stereocenters. The first-order valence-corrected chi connectivity index (χ1v) is 7.25. The number of tetrazole rings is 1. The van der Waals surface area contributed by atoms with Gasteiger partial charge in [0.2, 0.25) is 5.82 Å². The molecule has 1 aromatic heterocycles. The average molecular weight is 310 g/mol. The highest BCUT2D eigenvalue weighted by atomic mass is 16.5. The maximum atomic E-state index is 5.31. The van der Waals surface area contributed by atoms with Crippen LogP contribution in [0.25, 0.3) is 11.4 Å². The number of benzene rings is 2. The van der Waals surface area contributed by atoms with Gasteiger partial charge < -0.3 is 9.47 Å². The summed E-state index contributed by atoms with van der Waals surface area (Å²) in [7, 11) is 3.21. The molecule has 0 radical (unpaired) electrons. The smallest absolute Gasteiger partial charge is 0.205 e. The molecule has 1 heterocycles. The lowest BCUT2D eigenvalue weighted by Crippen LogP contribution is -2.04. The van der Waals surface area contributed by atoms with Crippen molar-refractivity contribution in [3.8, 4) is 22.9 Å². The van der Waals surface area contributed by atoms with Gasteiger partial charge in [-0.1, -0.05) is 29.8 Å². The number of methoxy groups -OCH3 is 2. The third-order valence-corrected chi connectivity index (χ3v) is 3.50. The predicted octanol–water partition coefficient (Wildman–Crippen LogP) is 2.71. The quantitative estimate of drug-likeness (QED) is 0.725. The third-order valence-electron chi connectivity index (χ3n) is 3.50. The van der Waals surface area contributed by atoms with Crippen LogP contribution in [0.3, 0.4) is 0 Å². The van der Waals surface area contributed by atoms with Gasteiger partial charge >= 0.3 is 0 Å². The number of ether oxygens (including phenoxy) is 2. The van der Waals surface area contributed by atoms with E-state index in [-0.39, 0.29) is 0 Å². The maximum absolute atomic E-state index is 5.31. The molecule has 0 aliphatic carbocycles. The fraction of sp³-hybridized carbons (Fsp3) is 0.235. The Balaban J connectivity index is 1.84. The van der Waals surface area contributed by atoms with Crippen molar-refractivity contribution < 1.29 is 9.47 Å². The van der Waals surface area contributed by atoms with E-state index in [1.54, 1.807) is 19.0 Å². The van der Waals surface area contributed by atoms with Crippen LogP contribution in [0.5, 0.6) is 11.5 Å². The molecule has 2 aromatic carbocycles. The highest BCUT2D eigenvalue weighted by molar-refractivity contribution is 5.60. The van der Waals surface area contributed by atoms with Gasteiger partial charge in [-0.15, -0.1) is 10.2 Å². The second kappa shape index (κ2) is 6.48. The molecule has 0 saturated carbocycles. The van der Waals surface area contributed by atoms with Gasteiger partial charge in [0.1, 0.15) is 0 Å². The Hall–Kier alpha value is -2.89. The summed E-state index contributed by atoms with van der Waals surface area (Å²) in [6.07, 6.45) is 0. The van der Waals surface area contributed by atoms with E-state index >= 15 is 0 Å². The zero-order valence-electron chi connectivity index (χ0n) is 13.4. The number of aryl methyl sites for hydroxylation is 1. The first-order chi connectivity index (χ1) is 11.2. The summed E-state index contributed by atoms with van der Waals surface area (Å²) >= 11 is 0. The van der Waals surface area contributed by atoms with E-state index in [2.05, 4.69) is 34.5 Å². The topological polar surface area (TPSA) is 62.1 Å². The standard InChI is InChI=1S/C17H18N4O2/c1-12-5-4-6-13(9-12)11-21-19-17(18-20-21)14-7-8-15(22-2)16(10-14)23-3/h4-10H,11H2,1-3H3. The van der Waals surface area contributed by atoms with Crippen molar-refractivity contribution in [1.82, 2.24) is 20.2 Å². The molecule has 6 heteroatoms. The van der Waals surface area contributed by atoms with Crippen molar-refractivity contribution >= 4 is 0 Å². The van der Waals surface area contributed by atoms with Crippen LogP contribution in [0.2, 0.25) is 0 Å². The monoisotopic (exact) mass is 310 g/mol. The van der Waals surface area contributed by atoms with Crippen LogP contribution >= 0.6 is 0 Å². The lowest BCUT2D eigenvalue weighted by molar-refractivity contribution is 0.355. The number of aromatic nitrogens is 4. The van der Waals surface area contributed by atoms with Crippen LogP contribution < -0.4 is 9.47 Å². The summed E-state index contributed by atoms with van der Waals surface area (Å²) in [5.74, 6) is 1.86. The van der Waals surface area contributed by atoms with Crippen molar-refractivity contribution in [1.29, 1.82) is 0 Å². The Kier molecular flexibility index (Phi) is 4.23. The molecule has 0 fully saturated rings. The normalized spacial score (nSPS) is 10.6. The Morgan fingerprint density at radius 3 is 2.57 bits per heavy atom. The minimum atomic E-state index is 0.554. The largest absolute Gasteiger partial charge is 0.493 e. The van der Waals surface area contributed by atoms with Crippen molar-refractivity contribution in [2.45, 2.75) is 13.5 Å². The molecular formula is C17H18N4O2. The minimum absolute atomic E-state index is 0.554. The van der Waals surface area contributed by atoms with E-state index in [1.165, 1.54) is 5.56 Å². The third kappa shape index (κ3) is 3.31. The van der Waals surface area contributed by atoms with E-state index < -0.39 is 0 Å². The molecule has 0 aliphatic rings. The lowest BCUT2D eigenvalue weighted by atomic mass is 10.1. The zero-order chi connectivity index (χ0) is 16.2. The van der Waals surface area contributed by atoms with Gasteiger partial charge in [-0.25, -0.2) is 0 Å². The number of nitrogens with zero attached hydrogens (tertiary/aromatic N) is 4. The molecule has 0 saturated heterocycles. The molecule has 0 atom stereocenters. The van der Waals surface area contributed by atoms with Crippen LogP contribution in [-0.4, -0.2) is 34.4 Å². The van der Waals surface area contributed by atoms with E-state index in [9.17, 15) is 0 Å². The first-order valence-electron chi connectivity index (χ1n) is 7.25. The summed E-state index contributed by atoms with van der Waals surface area (Å²) in [6.45, 7) is 2.65. The van der Waals surface area contributed by atoms with Gasteiger partial charge in [-0.2, -0.15) is 4.80 Å². The number of rotatable bonds is 5. The van der Waals surface area contributed by atoms with Gasteiger partial charge in [-0.05, 0) is 35.9 Å². The molecule has 0 bridgehead atoms. The SMILES string of the molecule is COc1ccc(-c2nnn(Cc3cccc(C)c3)n2)cc1OC. The summed E-state index contributed by atoms with van der Waals surface area (Å²) in [5, 5.41) is 12.7. The fourth-order valence-electron chi connectivity index (χ4n) is 2.37. The molecule has 3 aromatic rings. The van der Waals surface area contributed by atoms with Gasteiger partial charge in [0.25, 0.3) is 0 Å². The predicted molar refractivity (Wildman–Crippen MR) is 86.6 cm³/mol. The summed E-state index contributed by atoms with van der Waals surface area (Å²) in [5.41, 5.74) is 3.18. The molecule has 118 valence electrons. The van der Waals surface area contributed by atoms with Crippen molar-refractivity contribution in [2.75, 3.05) is 14.2 Å². The molecule has 0 amide bonds. The molecule has 6 nitrogen and oxygen atoms in total. The molecule has 3 rings (SSSR count). The Labute approximate surface area is 134 Å².